The van der Waals surface area contributed by atoms with E-state index in [0.717, 1.165) is 0 Å². The zero-order valence-corrected chi connectivity index (χ0v) is 9.44. The van der Waals surface area contributed by atoms with Gasteiger partial charge in [-0.3, -0.25) is 14.9 Å². The zero-order valence-electron chi connectivity index (χ0n) is 7.86. The summed E-state index contributed by atoms with van der Waals surface area (Å²) < 4.78 is 0.671. The molecule has 1 rings (SSSR count). The van der Waals surface area contributed by atoms with Crippen molar-refractivity contribution in [3.05, 3.63) is 37.8 Å². The Labute approximate surface area is 94.0 Å². The third-order valence-electron chi connectivity index (χ3n) is 2.03. The normalized spacial score (nSPS) is 10.0. The molecule has 1 aromatic carbocycles. The number of carboxylic acids is 1. The second-order valence-electron chi connectivity index (χ2n) is 3.00. The highest BCUT2D eigenvalue weighted by molar-refractivity contribution is 9.10. The first-order valence-electron chi connectivity index (χ1n) is 4.07. The van der Waals surface area contributed by atoms with Gasteiger partial charge in [0.1, 0.15) is 0 Å². The van der Waals surface area contributed by atoms with Crippen LogP contribution in [-0.2, 0) is 11.2 Å². The van der Waals surface area contributed by atoms with Crippen LogP contribution in [0.25, 0.3) is 0 Å². The molecule has 0 bridgehead atoms. The molecule has 0 aromatic heterocycles. The lowest BCUT2D eigenvalue weighted by Crippen LogP contribution is -2.06. The summed E-state index contributed by atoms with van der Waals surface area (Å²) in [4.78, 5) is 20.7. The molecule has 0 aliphatic carbocycles. The van der Waals surface area contributed by atoms with Gasteiger partial charge >= 0.3 is 5.97 Å². The van der Waals surface area contributed by atoms with Gasteiger partial charge in [-0.1, -0.05) is 15.9 Å². The van der Waals surface area contributed by atoms with E-state index in [0.29, 0.717) is 10.0 Å². The molecule has 0 aliphatic heterocycles. The van der Waals surface area contributed by atoms with Gasteiger partial charge in [0.25, 0.3) is 5.69 Å². The van der Waals surface area contributed by atoms with Crippen LogP contribution in [0.3, 0.4) is 0 Å². The Morgan fingerprint density at radius 2 is 2.20 bits per heavy atom. The molecule has 0 radical (unpaired) electrons. The van der Waals surface area contributed by atoms with Gasteiger partial charge in [0, 0.05) is 16.1 Å². The molecule has 0 heterocycles. The maximum Gasteiger partial charge on any atom is 0.308 e. The van der Waals surface area contributed by atoms with E-state index < -0.39 is 10.9 Å². The Hall–Kier alpha value is -1.43. The Bertz CT molecular complexity index is 430. The number of aliphatic carboxylic acids is 1. The molecule has 1 N–H and O–H groups in total. The van der Waals surface area contributed by atoms with Gasteiger partial charge < -0.3 is 5.11 Å². The van der Waals surface area contributed by atoms with E-state index in [4.69, 9.17) is 5.11 Å². The van der Waals surface area contributed by atoms with Crippen molar-refractivity contribution in [2.45, 2.75) is 13.3 Å². The van der Waals surface area contributed by atoms with Crippen molar-refractivity contribution in [1.82, 2.24) is 0 Å². The molecule has 0 aliphatic rings. The first-order valence-corrected chi connectivity index (χ1v) is 4.87. The lowest BCUT2D eigenvalue weighted by atomic mass is 10.0. The summed E-state index contributed by atoms with van der Waals surface area (Å²) in [5.41, 5.74) is 0.673. The molecule has 1 aromatic rings. The second-order valence-corrected chi connectivity index (χ2v) is 3.85. The van der Waals surface area contributed by atoms with Crippen molar-refractivity contribution in [3.8, 4) is 0 Å². The van der Waals surface area contributed by atoms with Crippen molar-refractivity contribution in [1.29, 1.82) is 0 Å². The quantitative estimate of drug-likeness (QED) is 0.677. The van der Waals surface area contributed by atoms with Crippen LogP contribution >= 0.6 is 15.9 Å². The molecule has 15 heavy (non-hydrogen) atoms. The van der Waals surface area contributed by atoms with E-state index in [1.165, 1.54) is 6.07 Å². The van der Waals surface area contributed by atoms with E-state index in [1.807, 2.05) is 0 Å². The van der Waals surface area contributed by atoms with E-state index in [1.54, 1.807) is 13.0 Å². The molecule has 0 amide bonds. The average Bonchev–Trinajstić information content (AvgIpc) is 2.12. The largest absolute Gasteiger partial charge is 0.481 e. The van der Waals surface area contributed by atoms with E-state index >= 15 is 0 Å². The summed E-state index contributed by atoms with van der Waals surface area (Å²) >= 11 is 3.20. The smallest absolute Gasteiger partial charge is 0.308 e. The number of nitro benzene ring substituents is 1. The number of benzene rings is 1. The zero-order chi connectivity index (χ0) is 11.6. The Kier molecular flexibility index (Phi) is 3.41. The van der Waals surface area contributed by atoms with Crippen molar-refractivity contribution < 1.29 is 14.8 Å². The van der Waals surface area contributed by atoms with Gasteiger partial charge in [-0.25, -0.2) is 0 Å². The van der Waals surface area contributed by atoms with Crippen LogP contribution in [0.1, 0.15) is 11.1 Å². The number of rotatable bonds is 3. The molecule has 0 unspecified atom stereocenters. The van der Waals surface area contributed by atoms with Crippen molar-refractivity contribution in [3.63, 3.8) is 0 Å². The fourth-order valence-corrected chi connectivity index (χ4v) is 1.63. The minimum absolute atomic E-state index is 0.155. The molecule has 5 nitrogen and oxygen atoms in total. The molecule has 80 valence electrons. The highest BCUT2D eigenvalue weighted by atomic mass is 79.9. The summed E-state index contributed by atoms with van der Waals surface area (Å²) in [5.74, 6) is -1.08. The van der Waals surface area contributed by atoms with Crippen LogP contribution < -0.4 is 0 Å². The summed E-state index contributed by atoms with van der Waals surface area (Å²) in [6.07, 6.45) is -0.346. The fraction of sp³-hybridized carbons (Fsp3) is 0.222. The molecule has 0 saturated heterocycles. The minimum atomic E-state index is -1.08. The number of nitrogens with zero attached hydrogens (tertiary/aromatic N) is 1. The average molecular weight is 274 g/mol. The molecule has 0 spiro atoms. The minimum Gasteiger partial charge on any atom is -0.481 e. The topological polar surface area (TPSA) is 80.4 Å². The summed E-state index contributed by atoms with van der Waals surface area (Å²) in [7, 11) is 0. The van der Waals surface area contributed by atoms with Gasteiger partial charge in [0.2, 0.25) is 0 Å². The predicted molar refractivity (Wildman–Crippen MR) is 56.9 cm³/mol. The third kappa shape index (κ3) is 2.53. The van der Waals surface area contributed by atoms with Crippen LogP contribution in [0.4, 0.5) is 5.69 Å². The SMILES string of the molecule is Cc1c(Br)ccc([N+](=O)[O-])c1CC(=O)O. The van der Waals surface area contributed by atoms with Gasteiger partial charge in [-0.15, -0.1) is 0 Å². The lowest BCUT2D eigenvalue weighted by molar-refractivity contribution is -0.385. The van der Waals surface area contributed by atoms with Crippen LogP contribution in [0.5, 0.6) is 0 Å². The monoisotopic (exact) mass is 273 g/mol. The molecule has 0 atom stereocenters. The number of hydrogen-bond donors (Lipinski definition) is 1. The Morgan fingerprint density at radius 3 is 2.67 bits per heavy atom. The number of carbonyl (C=O) groups is 1. The van der Waals surface area contributed by atoms with E-state index in [9.17, 15) is 14.9 Å². The van der Waals surface area contributed by atoms with Crippen LogP contribution in [0.15, 0.2) is 16.6 Å². The van der Waals surface area contributed by atoms with Crippen LogP contribution in [0.2, 0.25) is 0 Å². The van der Waals surface area contributed by atoms with Crippen molar-refractivity contribution in [2.75, 3.05) is 0 Å². The number of nitro groups is 1. The van der Waals surface area contributed by atoms with Crippen LogP contribution in [-0.4, -0.2) is 16.0 Å². The number of carboxylic acid groups (broad SMARTS) is 1. The molecule has 0 fully saturated rings. The summed E-state index contributed by atoms with van der Waals surface area (Å²) in [5, 5.41) is 19.3. The number of halogens is 1. The summed E-state index contributed by atoms with van der Waals surface area (Å²) in [6.45, 7) is 1.65. The van der Waals surface area contributed by atoms with Crippen molar-refractivity contribution in [2.24, 2.45) is 0 Å². The van der Waals surface area contributed by atoms with Crippen molar-refractivity contribution >= 4 is 27.6 Å². The maximum atomic E-state index is 10.7. The highest BCUT2D eigenvalue weighted by Crippen LogP contribution is 2.28. The predicted octanol–water partition coefficient (Wildman–Crippen LogP) is 2.29. The van der Waals surface area contributed by atoms with E-state index in [2.05, 4.69) is 15.9 Å². The fourth-order valence-electron chi connectivity index (χ4n) is 1.26. The Balaban J connectivity index is 3.34. The standard InChI is InChI=1S/C9H8BrNO4/c1-5-6(4-9(12)13)8(11(14)15)3-2-7(5)10/h2-3H,4H2,1H3,(H,12,13). The van der Waals surface area contributed by atoms with Gasteiger partial charge in [-0.2, -0.15) is 0 Å². The van der Waals surface area contributed by atoms with Gasteiger partial charge in [-0.05, 0) is 18.6 Å². The first kappa shape index (κ1) is 11.6. The molecular formula is C9H8BrNO4. The molecule has 0 saturated carbocycles. The molecule has 6 heteroatoms. The summed E-state index contributed by atoms with van der Waals surface area (Å²) in [6, 6.07) is 2.84. The third-order valence-corrected chi connectivity index (χ3v) is 2.89. The van der Waals surface area contributed by atoms with Gasteiger partial charge in [0.15, 0.2) is 0 Å². The Morgan fingerprint density at radius 1 is 1.60 bits per heavy atom. The lowest BCUT2D eigenvalue weighted by Gasteiger charge is -2.05. The van der Waals surface area contributed by atoms with Crippen LogP contribution in [0, 0.1) is 17.0 Å². The first-order chi connectivity index (χ1) is 6.93. The van der Waals surface area contributed by atoms with E-state index in [-0.39, 0.29) is 17.7 Å². The highest BCUT2D eigenvalue weighted by Gasteiger charge is 2.19. The number of hydrogen-bond acceptors (Lipinski definition) is 3. The van der Waals surface area contributed by atoms with Gasteiger partial charge in [0.05, 0.1) is 11.3 Å². The maximum absolute atomic E-state index is 10.7. The molecular weight excluding hydrogens is 266 g/mol. The second kappa shape index (κ2) is 4.39.